The van der Waals surface area contributed by atoms with Gasteiger partial charge in [-0.1, -0.05) is 0 Å². The first-order chi connectivity index (χ1) is 6.70. The van der Waals surface area contributed by atoms with Crippen LogP contribution >= 0.6 is 0 Å². The van der Waals surface area contributed by atoms with Crippen molar-refractivity contribution in [1.29, 1.82) is 0 Å². The second-order valence-electron chi connectivity index (χ2n) is 3.17. The van der Waals surface area contributed by atoms with Crippen LogP contribution in [0.2, 0.25) is 0 Å². The van der Waals surface area contributed by atoms with Gasteiger partial charge in [-0.05, 0) is 18.6 Å². The molecule has 0 fully saturated rings. The van der Waals surface area contributed by atoms with E-state index in [0.717, 1.165) is 5.56 Å². The maximum Gasteiger partial charge on any atom is 0.255 e. The summed E-state index contributed by atoms with van der Waals surface area (Å²) >= 11 is 0. The first-order valence-electron chi connectivity index (χ1n) is 4.58. The highest BCUT2D eigenvalue weighted by Crippen LogP contribution is 2.00. The Morgan fingerprint density at radius 3 is 2.86 bits per heavy atom. The zero-order valence-corrected chi connectivity index (χ0v) is 8.62. The van der Waals surface area contributed by atoms with Gasteiger partial charge in [0, 0.05) is 32.0 Å². The monoisotopic (exact) mass is 196 g/mol. The summed E-state index contributed by atoms with van der Waals surface area (Å²) in [6, 6.07) is 1.90. The molecule has 0 aliphatic rings. The van der Waals surface area contributed by atoms with Crippen LogP contribution in [0.5, 0.6) is 0 Å². The highest BCUT2D eigenvalue weighted by Gasteiger charge is 2.04. The van der Waals surface area contributed by atoms with E-state index in [4.69, 9.17) is 10.5 Å². The van der Waals surface area contributed by atoms with Crippen molar-refractivity contribution in [2.24, 2.45) is 5.73 Å². The number of aryl methyl sites for hydroxylation is 1. The molecule has 4 nitrogen and oxygen atoms in total. The minimum absolute atomic E-state index is 0.00968. The summed E-state index contributed by atoms with van der Waals surface area (Å²) in [6.45, 7) is 3.29. The molecule has 0 radical (unpaired) electrons. The molecule has 0 atom stereocenters. The number of hydrogen-bond acceptors (Lipinski definition) is 3. The van der Waals surface area contributed by atoms with Gasteiger partial charge in [-0.3, -0.25) is 4.79 Å². The van der Waals surface area contributed by atoms with Crippen LogP contribution in [-0.2, 0) is 17.8 Å². The van der Waals surface area contributed by atoms with E-state index < -0.39 is 0 Å². The van der Waals surface area contributed by atoms with E-state index in [-0.39, 0.29) is 5.56 Å². The largest absolute Gasteiger partial charge is 0.383 e. The fourth-order valence-corrected chi connectivity index (χ4v) is 1.33. The molecule has 1 heterocycles. The van der Waals surface area contributed by atoms with Gasteiger partial charge in [0.2, 0.25) is 0 Å². The summed E-state index contributed by atoms with van der Waals surface area (Å²) in [5.41, 5.74) is 7.13. The van der Waals surface area contributed by atoms with Crippen LogP contribution < -0.4 is 11.3 Å². The third kappa shape index (κ3) is 2.21. The Labute approximate surface area is 83.3 Å². The maximum atomic E-state index is 11.8. The Morgan fingerprint density at radius 1 is 1.57 bits per heavy atom. The predicted molar refractivity (Wildman–Crippen MR) is 55.2 cm³/mol. The number of ether oxygens (including phenoxy) is 1. The number of rotatable bonds is 4. The Bertz CT molecular complexity index is 358. The van der Waals surface area contributed by atoms with Crippen molar-refractivity contribution in [2.75, 3.05) is 13.7 Å². The number of hydrogen-bond donors (Lipinski definition) is 1. The van der Waals surface area contributed by atoms with Crippen LogP contribution in [0.15, 0.2) is 17.1 Å². The minimum atomic E-state index is -0.00968. The Morgan fingerprint density at radius 2 is 2.29 bits per heavy atom. The molecule has 2 N–H and O–H groups in total. The van der Waals surface area contributed by atoms with Crippen molar-refractivity contribution < 1.29 is 4.74 Å². The zero-order chi connectivity index (χ0) is 10.6. The van der Waals surface area contributed by atoms with Crippen molar-refractivity contribution in [3.8, 4) is 0 Å². The number of aromatic nitrogens is 1. The van der Waals surface area contributed by atoms with Gasteiger partial charge in [0.1, 0.15) is 0 Å². The maximum absolute atomic E-state index is 11.8. The van der Waals surface area contributed by atoms with Crippen molar-refractivity contribution in [3.63, 3.8) is 0 Å². The van der Waals surface area contributed by atoms with Crippen LogP contribution in [0.3, 0.4) is 0 Å². The summed E-state index contributed by atoms with van der Waals surface area (Å²) in [5, 5.41) is 0. The van der Waals surface area contributed by atoms with Crippen LogP contribution in [0.25, 0.3) is 0 Å². The summed E-state index contributed by atoms with van der Waals surface area (Å²) in [6.07, 6.45) is 1.77. The van der Waals surface area contributed by atoms with Crippen molar-refractivity contribution in [1.82, 2.24) is 4.57 Å². The summed E-state index contributed by atoms with van der Waals surface area (Å²) in [5.74, 6) is 0. The molecule has 0 saturated carbocycles. The number of nitrogens with two attached hydrogens (primary N) is 1. The lowest BCUT2D eigenvalue weighted by Crippen LogP contribution is -2.27. The van der Waals surface area contributed by atoms with Gasteiger partial charge in [0.15, 0.2) is 0 Å². The number of methoxy groups -OCH3 is 1. The van der Waals surface area contributed by atoms with E-state index >= 15 is 0 Å². The highest BCUT2D eigenvalue weighted by molar-refractivity contribution is 5.21. The van der Waals surface area contributed by atoms with Gasteiger partial charge in [0.05, 0.1) is 6.61 Å². The molecular formula is C10H16N2O2. The molecule has 0 aliphatic heterocycles. The zero-order valence-electron chi connectivity index (χ0n) is 8.62. The van der Waals surface area contributed by atoms with E-state index in [1.807, 2.05) is 13.0 Å². The third-order valence-electron chi connectivity index (χ3n) is 2.24. The Balaban J connectivity index is 3.02. The lowest BCUT2D eigenvalue weighted by molar-refractivity contribution is 0.186. The van der Waals surface area contributed by atoms with Gasteiger partial charge in [-0.25, -0.2) is 0 Å². The fourth-order valence-electron chi connectivity index (χ4n) is 1.33. The molecule has 0 saturated heterocycles. The molecule has 0 bridgehead atoms. The van der Waals surface area contributed by atoms with Gasteiger partial charge in [-0.15, -0.1) is 0 Å². The average molecular weight is 196 g/mol. The van der Waals surface area contributed by atoms with Crippen molar-refractivity contribution >= 4 is 0 Å². The van der Waals surface area contributed by atoms with Crippen LogP contribution in [0, 0.1) is 6.92 Å². The molecule has 1 aromatic heterocycles. The van der Waals surface area contributed by atoms with Crippen LogP contribution in [0.1, 0.15) is 11.1 Å². The van der Waals surface area contributed by atoms with Crippen LogP contribution in [0.4, 0.5) is 0 Å². The number of nitrogens with zero attached hydrogens (tertiary/aromatic N) is 1. The predicted octanol–water partition coefficient (Wildman–Crippen LogP) is 0.262. The quantitative estimate of drug-likeness (QED) is 0.751. The molecule has 1 rings (SSSR count). The normalized spacial score (nSPS) is 10.5. The molecule has 78 valence electrons. The molecular weight excluding hydrogens is 180 g/mol. The van der Waals surface area contributed by atoms with E-state index in [9.17, 15) is 4.79 Å². The van der Waals surface area contributed by atoms with Crippen LogP contribution in [-0.4, -0.2) is 18.3 Å². The molecule has 0 amide bonds. The molecule has 0 unspecified atom stereocenters. The van der Waals surface area contributed by atoms with Gasteiger partial charge in [0.25, 0.3) is 5.56 Å². The number of pyridine rings is 1. The van der Waals surface area contributed by atoms with Gasteiger partial charge >= 0.3 is 0 Å². The van der Waals surface area contributed by atoms with E-state index in [1.165, 1.54) is 0 Å². The molecule has 1 aromatic rings. The fraction of sp³-hybridized carbons (Fsp3) is 0.500. The van der Waals surface area contributed by atoms with E-state index in [1.54, 1.807) is 17.9 Å². The minimum Gasteiger partial charge on any atom is -0.383 e. The lowest BCUT2D eigenvalue weighted by Gasteiger charge is -2.08. The van der Waals surface area contributed by atoms with Gasteiger partial charge in [-0.2, -0.15) is 0 Å². The van der Waals surface area contributed by atoms with Gasteiger partial charge < -0.3 is 15.0 Å². The first kappa shape index (κ1) is 10.9. The summed E-state index contributed by atoms with van der Waals surface area (Å²) < 4.78 is 6.54. The summed E-state index contributed by atoms with van der Waals surface area (Å²) in [4.78, 5) is 11.8. The lowest BCUT2D eigenvalue weighted by atomic mass is 10.1. The van der Waals surface area contributed by atoms with E-state index in [2.05, 4.69) is 0 Å². The Kier molecular flexibility index (Phi) is 3.85. The Hall–Kier alpha value is -1.13. The van der Waals surface area contributed by atoms with Crippen molar-refractivity contribution in [3.05, 3.63) is 33.7 Å². The molecule has 14 heavy (non-hydrogen) atoms. The summed E-state index contributed by atoms with van der Waals surface area (Å²) in [7, 11) is 1.61. The smallest absolute Gasteiger partial charge is 0.255 e. The first-order valence-corrected chi connectivity index (χ1v) is 4.58. The van der Waals surface area contributed by atoms with Crippen molar-refractivity contribution in [2.45, 2.75) is 20.0 Å². The standard InChI is InChI=1S/C10H16N2O2/c1-8-3-4-12(5-6-14-2)10(13)9(8)7-11/h3-4H,5-7,11H2,1-2H3. The third-order valence-corrected chi connectivity index (χ3v) is 2.24. The topological polar surface area (TPSA) is 57.2 Å². The molecule has 0 aromatic carbocycles. The molecule has 0 aliphatic carbocycles. The second kappa shape index (κ2) is 4.93. The second-order valence-corrected chi connectivity index (χ2v) is 3.17. The SMILES string of the molecule is COCCn1ccc(C)c(CN)c1=O. The highest BCUT2D eigenvalue weighted by atomic mass is 16.5. The molecule has 0 spiro atoms. The molecule has 4 heteroatoms. The average Bonchev–Trinajstić information content (AvgIpc) is 2.18. The van der Waals surface area contributed by atoms with E-state index in [0.29, 0.717) is 25.3 Å².